The van der Waals surface area contributed by atoms with Gasteiger partial charge in [0.25, 0.3) is 0 Å². The Labute approximate surface area is 111 Å². The average molecular weight is 283 g/mol. The Morgan fingerprint density at radius 2 is 1.95 bits per heavy atom. The van der Waals surface area contributed by atoms with Gasteiger partial charge in [0.05, 0.1) is 6.61 Å². The zero-order chi connectivity index (χ0) is 14.4. The normalized spacial score (nSPS) is 30.1. The Bertz CT molecular complexity index is 647. The molecule has 0 aromatic carbocycles. The number of aromatic nitrogens is 5. The van der Waals surface area contributed by atoms with Crippen LogP contribution in [0.1, 0.15) is 6.23 Å². The first-order valence-electron chi connectivity index (χ1n) is 5.79. The van der Waals surface area contributed by atoms with Gasteiger partial charge in [0.2, 0.25) is 5.95 Å². The number of anilines is 2. The lowest BCUT2D eigenvalue weighted by atomic mass is 10.1. The Kier molecular flexibility index (Phi) is 2.90. The van der Waals surface area contributed by atoms with Crippen LogP contribution in [0.25, 0.3) is 11.2 Å². The molecule has 2 aromatic heterocycles. The third-order valence-electron chi connectivity index (χ3n) is 3.13. The maximum Gasteiger partial charge on any atom is 0.224 e. The van der Waals surface area contributed by atoms with Crippen molar-refractivity contribution < 1.29 is 20.1 Å². The number of nitrogen functional groups attached to an aromatic ring is 2. The molecule has 0 amide bonds. The van der Waals surface area contributed by atoms with Crippen LogP contribution >= 0.6 is 0 Å². The van der Waals surface area contributed by atoms with Gasteiger partial charge in [-0.15, -0.1) is 5.10 Å². The lowest BCUT2D eigenvalue weighted by Gasteiger charge is -2.14. The van der Waals surface area contributed by atoms with Crippen molar-refractivity contribution >= 4 is 22.9 Å². The highest BCUT2D eigenvalue weighted by atomic mass is 16.6. The molecule has 7 N–H and O–H groups in total. The monoisotopic (exact) mass is 283 g/mol. The molecule has 3 heterocycles. The van der Waals surface area contributed by atoms with Crippen molar-refractivity contribution in [1.29, 1.82) is 0 Å². The molecule has 3 rings (SSSR count). The number of fused-ring (bicyclic) bond motifs is 1. The zero-order valence-electron chi connectivity index (χ0n) is 10.2. The smallest absolute Gasteiger partial charge is 0.224 e. The SMILES string of the molecule is Nc1nc(N)c2nnn([C@@H]3O[C@H](CO)[C@H](O)[C@@H]3O)c2n1. The highest BCUT2D eigenvalue weighted by Crippen LogP contribution is 2.31. The molecule has 0 aliphatic carbocycles. The van der Waals surface area contributed by atoms with Crippen molar-refractivity contribution in [3.63, 3.8) is 0 Å². The minimum atomic E-state index is -1.30. The van der Waals surface area contributed by atoms with Gasteiger partial charge >= 0.3 is 0 Å². The van der Waals surface area contributed by atoms with Gasteiger partial charge in [-0.1, -0.05) is 5.21 Å². The van der Waals surface area contributed by atoms with Crippen LogP contribution in [0, 0.1) is 0 Å². The van der Waals surface area contributed by atoms with Crippen molar-refractivity contribution in [3.8, 4) is 0 Å². The summed E-state index contributed by atoms with van der Waals surface area (Å²) in [4.78, 5) is 7.68. The molecule has 108 valence electrons. The van der Waals surface area contributed by atoms with Crippen molar-refractivity contribution in [3.05, 3.63) is 0 Å². The molecule has 2 aromatic rings. The summed E-state index contributed by atoms with van der Waals surface area (Å²) in [6, 6.07) is 0. The molecular weight excluding hydrogens is 270 g/mol. The summed E-state index contributed by atoms with van der Waals surface area (Å²) in [5.41, 5.74) is 11.5. The first-order valence-corrected chi connectivity index (χ1v) is 5.79. The number of aliphatic hydroxyl groups is 3. The molecule has 11 heteroatoms. The molecular formula is C9H13N7O4. The third-order valence-corrected chi connectivity index (χ3v) is 3.13. The van der Waals surface area contributed by atoms with E-state index in [1.54, 1.807) is 0 Å². The molecule has 1 fully saturated rings. The second kappa shape index (κ2) is 4.49. The van der Waals surface area contributed by atoms with Crippen molar-refractivity contribution in [2.75, 3.05) is 18.1 Å². The molecule has 0 radical (unpaired) electrons. The molecule has 1 saturated heterocycles. The van der Waals surface area contributed by atoms with E-state index in [0.29, 0.717) is 0 Å². The number of nitrogens with zero attached hydrogens (tertiary/aromatic N) is 5. The molecule has 0 spiro atoms. The average Bonchev–Trinajstić information content (AvgIpc) is 2.93. The Hall–Kier alpha value is -2.08. The van der Waals surface area contributed by atoms with E-state index >= 15 is 0 Å². The molecule has 4 atom stereocenters. The number of ether oxygens (including phenoxy) is 1. The Balaban J connectivity index is 2.07. The van der Waals surface area contributed by atoms with E-state index in [1.807, 2.05) is 0 Å². The van der Waals surface area contributed by atoms with E-state index in [0.717, 1.165) is 4.68 Å². The Morgan fingerprint density at radius 1 is 1.20 bits per heavy atom. The van der Waals surface area contributed by atoms with Crippen LogP contribution in [0.2, 0.25) is 0 Å². The quantitative estimate of drug-likeness (QED) is 0.381. The third kappa shape index (κ3) is 1.76. The summed E-state index contributed by atoms with van der Waals surface area (Å²) in [5.74, 6) is -0.0317. The maximum absolute atomic E-state index is 9.95. The number of hydrogen-bond acceptors (Lipinski definition) is 10. The number of nitrogens with two attached hydrogens (primary N) is 2. The van der Waals surface area contributed by atoms with Crippen molar-refractivity contribution in [2.45, 2.75) is 24.5 Å². The predicted molar refractivity (Wildman–Crippen MR) is 65.0 cm³/mol. The molecule has 0 bridgehead atoms. The summed E-state index contributed by atoms with van der Waals surface area (Å²) in [6.45, 7) is -0.444. The molecule has 11 nitrogen and oxygen atoms in total. The summed E-state index contributed by atoms with van der Waals surface area (Å²) < 4.78 is 6.48. The van der Waals surface area contributed by atoms with Gasteiger partial charge in [0.15, 0.2) is 23.2 Å². The first kappa shape index (κ1) is 12.9. The zero-order valence-corrected chi connectivity index (χ0v) is 10.2. The lowest BCUT2D eigenvalue weighted by Crippen LogP contribution is -2.33. The summed E-state index contributed by atoms with van der Waals surface area (Å²) in [6.07, 6.45) is -4.53. The van der Waals surface area contributed by atoms with E-state index in [-0.39, 0.29) is 22.9 Å². The number of aliphatic hydroxyl groups excluding tert-OH is 3. The standard InChI is InChI=1S/C9H13N7O4/c10-6-3-7(13-9(11)12-6)16(15-14-3)8-5(19)4(18)2(1-17)20-8/h2,4-5,8,17-19H,1H2,(H4,10,11,12,13)/t2-,4+,5+,8-/m1/s1. The van der Waals surface area contributed by atoms with Gasteiger partial charge in [-0.05, 0) is 0 Å². The lowest BCUT2D eigenvalue weighted by molar-refractivity contribution is -0.0574. The molecule has 1 aliphatic heterocycles. The van der Waals surface area contributed by atoms with Crippen LogP contribution < -0.4 is 11.5 Å². The topological polar surface area (TPSA) is 178 Å². The molecule has 20 heavy (non-hydrogen) atoms. The summed E-state index contributed by atoms with van der Waals surface area (Å²) in [7, 11) is 0. The molecule has 0 saturated carbocycles. The fraction of sp³-hybridized carbons (Fsp3) is 0.556. The first-order chi connectivity index (χ1) is 9.52. The minimum absolute atomic E-state index is 0.0468. The molecule has 1 aliphatic rings. The van der Waals surface area contributed by atoms with E-state index in [4.69, 9.17) is 21.3 Å². The van der Waals surface area contributed by atoms with Gasteiger partial charge in [0.1, 0.15) is 18.3 Å². The van der Waals surface area contributed by atoms with Gasteiger partial charge < -0.3 is 31.5 Å². The number of hydrogen-bond donors (Lipinski definition) is 5. The second-order valence-corrected chi connectivity index (χ2v) is 4.40. The fourth-order valence-electron chi connectivity index (χ4n) is 2.12. The van der Waals surface area contributed by atoms with E-state index < -0.39 is 31.1 Å². The number of rotatable bonds is 2. The fourth-order valence-corrected chi connectivity index (χ4v) is 2.12. The molecule has 0 unspecified atom stereocenters. The van der Waals surface area contributed by atoms with Gasteiger partial charge in [0, 0.05) is 0 Å². The second-order valence-electron chi connectivity index (χ2n) is 4.40. The highest BCUT2D eigenvalue weighted by molar-refractivity contribution is 5.81. The van der Waals surface area contributed by atoms with Crippen LogP contribution in [0.5, 0.6) is 0 Å². The predicted octanol–water partition coefficient (Wildman–Crippen LogP) is -3.00. The van der Waals surface area contributed by atoms with Gasteiger partial charge in [-0.3, -0.25) is 0 Å². The van der Waals surface area contributed by atoms with Crippen molar-refractivity contribution in [1.82, 2.24) is 25.0 Å². The van der Waals surface area contributed by atoms with Crippen LogP contribution in [-0.2, 0) is 4.74 Å². The summed E-state index contributed by atoms with van der Waals surface area (Å²) in [5, 5.41) is 36.3. The highest BCUT2D eigenvalue weighted by Gasteiger charge is 2.44. The van der Waals surface area contributed by atoms with Crippen LogP contribution in [0.4, 0.5) is 11.8 Å². The minimum Gasteiger partial charge on any atom is -0.394 e. The van der Waals surface area contributed by atoms with Gasteiger partial charge in [-0.25, -0.2) is 0 Å². The largest absolute Gasteiger partial charge is 0.394 e. The van der Waals surface area contributed by atoms with Crippen molar-refractivity contribution in [2.24, 2.45) is 0 Å². The van der Waals surface area contributed by atoms with Gasteiger partial charge in [-0.2, -0.15) is 14.6 Å². The van der Waals surface area contributed by atoms with Crippen LogP contribution in [0.3, 0.4) is 0 Å². The van der Waals surface area contributed by atoms with E-state index in [2.05, 4.69) is 20.3 Å². The van der Waals surface area contributed by atoms with E-state index in [1.165, 1.54) is 0 Å². The van der Waals surface area contributed by atoms with Crippen LogP contribution in [0.15, 0.2) is 0 Å². The summed E-state index contributed by atoms with van der Waals surface area (Å²) >= 11 is 0. The Morgan fingerprint density at radius 3 is 2.60 bits per heavy atom. The van der Waals surface area contributed by atoms with E-state index in [9.17, 15) is 10.2 Å². The maximum atomic E-state index is 9.95. The van der Waals surface area contributed by atoms with Crippen LogP contribution in [-0.4, -0.2) is 65.2 Å².